The van der Waals surface area contributed by atoms with Gasteiger partial charge in [-0.25, -0.2) is 9.78 Å². The first-order valence-corrected chi connectivity index (χ1v) is 8.07. The van der Waals surface area contributed by atoms with Crippen LogP contribution in [-0.2, 0) is 9.53 Å². The van der Waals surface area contributed by atoms with E-state index in [1.807, 2.05) is 0 Å². The van der Waals surface area contributed by atoms with Gasteiger partial charge in [-0.1, -0.05) is 6.07 Å². The third-order valence-electron chi connectivity index (χ3n) is 3.89. The van der Waals surface area contributed by atoms with Crippen LogP contribution < -0.4 is 15.6 Å². The van der Waals surface area contributed by atoms with Crippen molar-refractivity contribution < 1.29 is 19.1 Å². The van der Waals surface area contributed by atoms with Crippen molar-refractivity contribution in [2.45, 2.75) is 6.92 Å². The van der Waals surface area contributed by atoms with Crippen LogP contribution in [0.5, 0.6) is 5.75 Å². The SMILES string of the molecule is COC(=O)COc1ccc(NC(=O)c2cnc3ccccn3c2=O)c(C)c1. The molecule has 0 radical (unpaired) electrons. The molecule has 2 heterocycles. The number of fused-ring (bicyclic) bond motifs is 1. The molecule has 8 nitrogen and oxygen atoms in total. The molecule has 27 heavy (non-hydrogen) atoms. The summed E-state index contributed by atoms with van der Waals surface area (Å²) in [6.45, 7) is 1.56. The number of rotatable bonds is 5. The number of pyridine rings is 1. The standard InChI is InChI=1S/C19H17N3O5/c1-12-9-13(27-11-17(23)26-2)6-7-15(12)21-18(24)14-10-20-16-5-3-4-8-22(16)19(14)25/h3-10H,11H2,1-2H3,(H,21,24). The first kappa shape index (κ1) is 18.1. The molecule has 0 saturated heterocycles. The topological polar surface area (TPSA) is 99.0 Å². The van der Waals surface area contributed by atoms with Crippen molar-refractivity contribution in [2.24, 2.45) is 0 Å². The van der Waals surface area contributed by atoms with Gasteiger partial charge in [0.2, 0.25) is 0 Å². The van der Waals surface area contributed by atoms with E-state index in [1.165, 1.54) is 17.7 Å². The number of nitrogens with zero attached hydrogens (tertiary/aromatic N) is 2. The van der Waals surface area contributed by atoms with E-state index in [0.29, 0.717) is 22.6 Å². The van der Waals surface area contributed by atoms with E-state index in [1.54, 1.807) is 49.5 Å². The molecule has 0 aliphatic carbocycles. The lowest BCUT2D eigenvalue weighted by atomic mass is 10.2. The Kier molecular flexibility index (Phi) is 5.16. The molecule has 1 amide bonds. The summed E-state index contributed by atoms with van der Waals surface area (Å²) >= 11 is 0. The zero-order chi connectivity index (χ0) is 19.4. The lowest BCUT2D eigenvalue weighted by Crippen LogP contribution is -2.26. The van der Waals surface area contributed by atoms with Gasteiger partial charge in [-0.05, 0) is 42.8 Å². The summed E-state index contributed by atoms with van der Waals surface area (Å²) in [5.41, 5.74) is 1.17. The van der Waals surface area contributed by atoms with Crippen LogP contribution in [0.25, 0.3) is 5.65 Å². The van der Waals surface area contributed by atoms with Crippen LogP contribution >= 0.6 is 0 Å². The Morgan fingerprint density at radius 1 is 1.22 bits per heavy atom. The number of aromatic nitrogens is 2. The van der Waals surface area contributed by atoms with Gasteiger partial charge in [-0.15, -0.1) is 0 Å². The molecule has 3 rings (SSSR count). The van der Waals surface area contributed by atoms with Crippen LogP contribution in [0.3, 0.4) is 0 Å². The number of anilines is 1. The van der Waals surface area contributed by atoms with Gasteiger partial charge in [0.05, 0.1) is 7.11 Å². The molecule has 2 aromatic heterocycles. The summed E-state index contributed by atoms with van der Waals surface area (Å²) in [5, 5.41) is 2.70. The summed E-state index contributed by atoms with van der Waals surface area (Å²) in [5.74, 6) is -0.588. The lowest BCUT2D eigenvalue weighted by molar-refractivity contribution is -0.142. The number of carbonyl (C=O) groups excluding carboxylic acids is 2. The highest BCUT2D eigenvalue weighted by atomic mass is 16.6. The van der Waals surface area contributed by atoms with Crippen LogP contribution in [0.2, 0.25) is 0 Å². The molecule has 0 aliphatic heterocycles. The van der Waals surface area contributed by atoms with E-state index >= 15 is 0 Å². The van der Waals surface area contributed by atoms with Gasteiger partial charge in [0.15, 0.2) is 6.61 Å². The summed E-state index contributed by atoms with van der Waals surface area (Å²) in [6, 6.07) is 10.0. The Labute approximate surface area is 154 Å². The third-order valence-corrected chi connectivity index (χ3v) is 3.89. The number of benzene rings is 1. The second-order valence-electron chi connectivity index (χ2n) is 5.70. The van der Waals surface area contributed by atoms with Crippen LogP contribution in [0.1, 0.15) is 15.9 Å². The Balaban J connectivity index is 1.79. The van der Waals surface area contributed by atoms with Crippen molar-refractivity contribution >= 4 is 23.2 Å². The smallest absolute Gasteiger partial charge is 0.343 e. The second kappa shape index (κ2) is 7.69. The van der Waals surface area contributed by atoms with E-state index in [-0.39, 0.29) is 12.2 Å². The van der Waals surface area contributed by atoms with Crippen LogP contribution in [0.4, 0.5) is 5.69 Å². The number of ether oxygens (including phenoxy) is 2. The number of hydrogen-bond donors (Lipinski definition) is 1. The molecular weight excluding hydrogens is 350 g/mol. The van der Waals surface area contributed by atoms with Crippen LogP contribution in [-0.4, -0.2) is 35.0 Å². The Bertz CT molecular complexity index is 1070. The van der Waals surface area contributed by atoms with Gasteiger partial charge < -0.3 is 14.8 Å². The van der Waals surface area contributed by atoms with Gasteiger partial charge in [-0.3, -0.25) is 14.0 Å². The number of hydrogen-bond acceptors (Lipinski definition) is 6. The maximum absolute atomic E-state index is 12.5. The number of aryl methyl sites for hydroxylation is 1. The highest BCUT2D eigenvalue weighted by molar-refractivity contribution is 6.04. The molecule has 0 bridgehead atoms. The minimum absolute atomic E-state index is 0.0656. The minimum Gasteiger partial charge on any atom is -0.482 e. The van der Waals surface area contributed by atoms with Crippen LogP contribution in [0, 0.1) is 6.92 Å². The number of carbonyl (C=O) groups is 2. The number of amides is 1. The highest BCUT2D eigenvalue weighted by Gasteiger charge is 2.14. The third kappa shape index (κ3) is 3.95. The monoisotopic (exact) mass is 367 g/mol. The van der Waals surface area contributed by atoms with Crippen LogP contribution in [0.15, 0.2) is 53.6 Å². The van der Waals surface area contributed by atoms with E-state index in [0.717, 1.165) is 0 Å². The Morgan fingerprint density at radius 2 is 2.04 bits per heavy atom. The van der Waals surface area contributed by atoms with Gasteiger partial charge in [0.25, 0.3) is 11.5 Å². The normalized spacial score (nSPS) is 10.4. The Hall–Kier alpha value is -3.68. The fourth-order valence-electron chi connectivity index (χ4n) is 2.44. The predicted octanol–water partition coefficient (Wildman–Crippen LogP) is 1.81. The van der Waals surface area contributed by atoms with Crippen molar-refractivity contribution in [3.63, 3.8) is 0 Å². The molecule has 0 fully saturated rings. The number of methoxy groups -OCH3 is 1. The van der Waals surface area contributed by atoms with Gasteiger partial charge in [0, 0.05) is 18.1 Å². The molecule has 0 saturated carbocycles. The van der Waals surface area contributed by atoms with Crippen molar-refractivity contribution in [2.75, 3.05) is 19.0 Å². The van der Waals surface area contributed by atoms with Crippen molar-refractivity contribution in [3.05, 3.63) is 70.3 Å². The summed E-state index contributed by atoms with van der Waals surface area (Å²) in [6.07, 6.45) is 2.82. The average Bonchev–Trinajstić information content (AvgIpc) is 2.68. The zero-order valence-corrected chi connectivity index (χ0v) is 14.8. The average molecular weight is 367 g/mol. The van der Waals surface area contributed by atoms with E-state index in [9.17, 15) is 14.4 Å². The molecule has 8 heteroatoms. The van der Waals surface area contributed by atoms with Crippen molar-refractivity contribution in [1.82, 2.24) is 9.38 Å². The maximum atomic E-state index is 12.5. The fourth-order valence-corrected chi connectivity index (χ4v) is 2.44. The summed E-state index contributed by atoms with van der Waals surface area (Å²) < 4.78 is 11.1. The molecule has 1 N–H and O–H groups in total. The molecule has 0 spiro atoms. The second-order valence-corrected chi connectivity index (χ2v) is 5.70. The summed E-state index contributed by atoms with van der Waals surface area (Å²) in [7, 11) is 1.28. The number of esters is 1. The fraction of sp³-hybridized carbons (Fsp3) is 0.158. The Morgan fingerprint density at radius 3 is 2.78 bits per heavy atom. The quantitative estimate of drug-likeness (QED) is 0.691. The largest absolute Gasteiger partial charge is 0.482 e. The highest BCUT2D eigenvalue weighted by Crippen LogP contribution is 2.21. The van der Waals surface area contributed by atoms with Gasteiger partial charge >= 0.3 is 5.97 Å². The first-order valence-electron chi connectivity index (χ1n) is 8.07. The van der Waals surface area contributed by atoms with Gasteiger partial charge in [0.1, 0.15) is 17.0 Å². The first-order chi connectivity index (χ1) is 13.0. The molecule has 1 aromatic carbocycles. The van der Waals surface area contributed by atoms with E-state index < -0.39 is 17.4 Å². The van der Waals surface area contributed by atoms with E-state index in [2.05, 4.69) is 15.0 Å². The molecular formula is C19H17N3O5. The van der Waals surface area contributed by atoms with Crippen molar-refractivity contribution in [3.8, 4) is 5.75 Å². The molecule has 0 atom stereocenters. The molecule has 0 aliphatic rings. The zero-order valence-electron chi connectivity index (χ0n) is 14.8. The lowest BCUT2D eigenvalue weighted by Gasteiger charge is -2.11. The molecule has 138 valence electrons. The van der Waals surface area contributed by atoms with Gasteiger partial charge in [-0.2, -0.15) is 0 Å². The molecule has 3 aromatic rings. The summed E-state index contributed by atoms with van der Waals surface area (Å²) in [4.78, 5) is 40.2. The number of nitrogens with one attached hydrogen (secondary N) is 1. The predicted molar refractivity (Wildman–Crippen MR) is 98.1 cm³/mol. The molecule has 0 unspecified atom stereocenters. The minimum atomic E-state index is -0.558. The maximum Gasteiger partial charge on any atom is 0.343 e. The van der Waals surface area contributed by atoms with E-state index in [4.69, 9.17) is 4.74 Å². The van der Waals surface area contributed by atoms with Crippen molar-refractivity contribution in [1.29, 1.82) is 0 Å².